The van der Waals surface area contributed by atoms with Crippen LogP contribution >= 0.6 is 15.8 Å². The number of rotatable bonds is 6. The van der Waals surface area contributed by atoms with E-state index in [0.717, 1.165) is 34.0 Å². The Morgan fingerprint density at radius 1 is 0.214 bits per heavy atom. The fourth-order valence-electron chi connectivity index (χ4n) is 3.58. The summed E-state index contributed by atoms with van der Waals surface area (Å²) in [6.45, 7) is 64.3. The van der Waals surface area contributed by atoms with Crippen LogP contribution in [0.1, 0.15) is 208 Å². The van der Waals surface area contributed by atoms with Gasteiger partial charge in [0.1, 0.15) is 0 Å². The fourth-order valence-corrected chi connectivity index (χ4v) is 10.7. The Bertz CT molecular complexity index is 514. The zero-order valence-corrected chi connectivity index (χ0v) is 57.2. The molecule has 0 aliphatic carbocycles. The van der Waals surface area contributed by atoms with Crippen LogP contribution in [0.3, 0.4) is 0 Å². The van der Waals surface area contributed by atoms with Gasteiger partial charge >= 0.3 is 134 Å². The maximum absolute atomic E-state index is 4.83. The second-order valence-electron chi connectivity index (χ2n) is 20.1. The number of hydrogen-bond donors (Lipinski definition) is 0. The van der Waals surface area contributed by atoms with E-state index in [9.17, 15) is 0 Å². The van der Waals surface area contributed by atoms with Crippen LogP contribution in [0.5, 0.6) is 0 Å². The molecule has 0 atom stereocenters. The van der Waals surface area contributed by atoms with Crippen molar-refractivity contribution in [2.45, 2.75) is 270 Å². The van der Waals surface area contributed by atoms with Crippen molar-refractivity contribution in [1.82, 2.24) is 0 Å². The topological polar surface area (TPSA) is 0 Å². The Labute approximate surface area is 488 Å². The molecular weight excluding hydrogens is 1410 g/mol. The van der Waals surface area contributed by atoms with Crippen LogP contribution in [-0.2, 0) is 210 Å². The van der Waals surface area contributed by atoms with Crippen molar-refractivity contribution < 1.29 is 134 Å². The van der Waals surface area contributed by atoms with E-state index in [1.54, 1.807) is 0 Å². The predicted molar refractivity (Wildman–Crippen MR) is 267 cm³/mol. The molecule has 0 aliphatic heterocycles. The van der Waals surface area contributed by atoms with Gasteiger partial charge in [0, 0.05) is 0 Å². The molecule has 0 radical (unpaired) electrons. The Morgan fingerprint density at radius 3 is 0.250 bits per heavy atom. The summed E-state index contributed by atoms with van der Waals surface area (Å²) >= 11 is 29.0. The third kappa shape index (κ3) is 227. The smallest absolute Gasteiger partial charge is 0.787 e. The van der Waals surface area contributed by atoms with Crippen molar-refractivity contribution in [3.63, 3.8) is 0 Å². The third-order valence-electron chi connectivity index (χ3n) is 3.58. The Balaban J connectivity index is -0.0000000302. The van der Waals surface area contributed by atoms with Gasteiger partial charge < -0.3 is 75.8 Å². The van der Waals surface area contributed by atoms with Crippen molar-refractivity contribution in [2.24, 2.45) is 0 Å². The fraction of sp³-hybridized carbons (Fsp3) is 1.00. The maximum atomic E-state index is 4.83. The quantitative estimate of drug-likeness (QED) is 0.147. The zero-order valence-electron chi connectivity index (χ0n) is 41.6. The molecule has 0 aromatic carbocycles. The molecule has 0 amide bonds. The first kappa shape index (κ1) is 101. The van der Waals surface area contributed by atoms with E-state index in [1.807, 2.05) is 125 Å². The number of hydrogen-bond acceptors (Lipinski definition) is 6. The van der Waals surface area contributed by atoms with Crippen LogP contribution in [0, 0.1) is 0 Å². The summed E-state index contributed by atoms with van der Waals surface area (Å²) in [5, 5.41) is 0. The minimum Gasteiger partial charge on any atom is -0.787 e. The van der Waals surface area contributed by atoms with E-state index in [4.69, 9.17) is 75.8 Å². The molecule has 376 valence electrons. The molecular formula is C42H96Ag6P2S6. The van der Waals surface area contributed by atoms with E-state index in [0.29, 0.717) is 0 Å². The molecule has 0 aromatic rings. The molecule has 0 aromatic heterocycles. The molecule has 0 aliphatic rings. The summed E-state index contributed by atoms with van der Waals surface area (Å²) in [4.78, 5) is 0. The van der Waals surface area contributed by atoms with Gasteiger partial charge in [-0.3, -0.25) is 0 Å². The summed E-state index contributed by atoms with van der Waals surface area (Å²) in [7, 11) is 0.525. The average Bonchev–Trinajstić information content (AvgIpc) is 2.57. The summed E-state index contributed by atoms with van der Waals surface area (Å²) in [5.74, 6) is 0. The molecule has 0 saturated heterocycles. The average molecular weight is 1500 g/mol. The van der Waals surface area contributed by atoms with Crippen molar-refractivity contribution in [3.8, 4) is 0 Å². The SMILES string of the molecule is CC(C)(C)[S-].CC(C)(C)[S-].CC(C)(C)[S-].CC(C)(C)[S-].CC(C)(C)[S-].CC(C)(C)[S-].CC(C)P(C(C)C)C(C)C.CC(C)P(C(C)C)C(C)C.[Ag+].[Ag+].[Ag+].[Ag+].[Ag+].[Ag+]. The van der Waals surface area contributed by atoms with E-state index >= 15 is 0 Å². The van der Waals surface area contributed by atoms with Crippen LogP contribution in [0.2, 0.25) is 0 Å². The largest absolute Gasteiger partial charge is 1.00 e. The van der Waals surface area contributed by atoms with Gasteiger partial charge in [-0.1, -0.05) is 224 Å². The second-order valence-corrected chi connectivity index (χ2v) is 35.5. The summed E-state index contributed by atoms with van der Waals surface area (Å²) < 4.78 is 0.500. The molecule has 14 heteroatoms. The van der Waals surface area contributed by atoms with E-state index < -0.39 is 0 Å². The van der Waals surface area contributed by atoms with Crippen molar-refractivity contribution >= 4 is 91.6 Å². The van der Waals surface area contributed by atoms with Gasteiger partial charge in [-0.15, -0.1) is 0 Å². The molecule has 56 heavy (non-hydrogen) atoms. The first-order valence-electron chi connectivity index (χ1n) is 18.7. The third-order valence-corrected chi connectivity index (χ3v) is 10.7. The molecule has 0 bridgehead atoms. The van der Waals surface area contributed by atoms with Gasteiger partial charge in [-0.2, -0.15) is 28.5 Å². The molecule has 0 unspecified atom stereocenters. The van der Waals surface area contributed by atoms with E-state index in [1.165, 1.54) is 0 Å². The molecule has 0 rings (SSSR count). The molecule has 0 spiro atoms. The molecule has 0 N–H and O–H groups in total. The van der Waals surface area contributed by atoms with Crippen LogP contribution in [0.25, 0.3) is 0 Å². The van der Waals surface area contributed by atoms with Crippen molar-refractivity contribution in [1.29, 1.82) is 0 Å². The second kappa shape index (κ2) is 51.8. The monoisotopic (exact) mass is 1500 g/mol. The summed E-state index contributed by atoms with van der Waals surface area (Å²) in [6.07, 6.45) is 0. The Hall–Kier alpha value is 7.40. The van der Waals surface area contributed by atoms with Crippen LogP contribution in [0.4, 0.5) is 0 Å². The first-order chi connectivity index (χ1) is 20.9. The molecule has 0 nitrogen and oxygen atoms in total. The van der Waals surface area contributed by atoms with Gasteiger partial charge in [0.25, 0.3) is 0 Å². The molecule has 0 saturated carbocycles. The van der Waals surface area contributed by atoms with Gasteiger partial charge in [-0.05, 0) is 34.0 Å². The van der Waals surface area contributed by atoms with Gasteiger partial charge in [0.15, 0.2) is 0 Å². The summed E-state index contributed by atoms with van der Waals surface area (Å²) in [6, 6.07) is 0. The minimum atomic E-state index is 0. The van der Waals surface area contributed by atoms with E-state index in [-0.39, 0.29) is 179 Å². The van der Waals surface area contributed by atoms with Crippen molar-refractivity contribution in [2.75, 3.05) is 0 Å². The van der Waals surface area contributed by atoms with Gasteiger partial charge in [-0.25, -0.2) is 0 Å². The Kier molecular flexibility index (Phi) is 93.5. The summed E-state index contributed by atoms with van der Waals surface area (Å²) in [5.41, 5.74) is 5.39. The van der Waals surface area contributed by atoms with Crippen LogP contribution < -0.4 is 0 Å². The van der Waals surface area contributed by atoms with Crippen LogP contribution in [0.15, 0.2) is 0 Å². The Morgan fingerprint density at radius 2 is 0.250 bits per heavy atom. The van der Waals surface area contributed by atoms with Gasteiger partial charge in [0.2, 0.25) is 0 Å². The maximum Gasteiger partial charge on any atom is 1.00 e. The standard InChI is InChI=1S/2C9H21P.6C4H10S.6Ag/c2*1-7(2)10(8(3)4)9(5)6;6*1-4(2,3)5;;;;;;/h2*7-9H,1-6H3;6*5H,1-3H3;;;;;;/q;;;;;;;;6*+1/p-6. The van der Waals surface area contributed by atoms with Crippen molar-refractivity contribution in [3.05, 3.63) is 0 Å². The molecule has 0 fully saturated rings. The first-order valence-corrected chi connectivity index (χ1v) is 24.3. The normalized spacial score (nSPS) is 10.9. The molecule has 0 heterocycles. The van der Waals surface area contributed by atoms with Gasteiger partial charge in [0.05, 0.1) is 0 Å². The minimum absolute atomic E-state index is 0. The zero-order chi connectivity index (χ0) is 43.6. The van der Waals surface area contributed by atoms with Crippen LogP contribution in [-0.4, -0.2) is 62.4 Å². The van der Waals surface area contributed by atoms with E-state index in [2.05, 4.69) is 83.1 Å². The predicted octanol–water partition coefficient (Wildman–Crippen LogP) is 15.4.